The zero-order chi connectivity index (χ0) is 16.1. The first-order chi connectivity index (χ1) is 11.2. The minimum absolute atomic E-state index is 0.117. The number of hydrogen-bond acceptors (Lipinski definition) is 7. The number of ether oxygens (including phenoxy) is 2. The van der Waals surface area contributed by atoms with Gasteiger partial charge in [-0.25, -0.2) is 4.39 Å². The second kappa shape index (κ2) is 7.34. The van der Waals surface area contributed by atoms with Gasteiger partial charge >= 0.3 is 0 Å². The first kappa shape index (κ1) is 15.6. The predicted molar refractivity (Wildman–Crippen MR) is 83.5 cm³/mol. The van der Waals surface area contributed by atoms with E-state index in [0.717, 1.165) is 11.7 Å². The number of aromatic nitrogens is 2. The summed E-state index contributed by atoms with van der Waals surface area (Å²) in [5.74, 6) is -0.0428. The monoisotopic (exact) mass is 338 g/mol. The van der Waals surface area contributed by atoms with Crippen LogP contribution in [0.3, 0.4) is 0 Å². The van der Waals surface area contributed by atoms with Crippen LogP contribution < -0.4 is 15.0 Å². The molecule has 7 nitrogen and oxygen atoms in total. The van der Waals surface area contributed by atoms with Crippen molar-refractivity contribution in [3.05, 3.63) is 30.1 Å². The molecule has 2 aromatic rings. The average molecular weight is 338 g/mol. The normalized spacial score (nSPS) is 14.6. The lowest BCUT2D eigenvalue weighted by atomic mass is 10.3. The Kier molecular flexibility index (Phi) is 4.99. The molecule has 1 fully saturated rings. The number of benzene rings is 1. The zero-order valence-electron chi connectivity index (χ0n) is 12.2. The van der Waals surface area contributed by atoms with E-state index >= 15 is 0 Å². The van der Waals surface area contributed by atoms with E-state index in [1.165, 1.54) is 12.1 Å². The van der Waals surface area contributed by atoms with E-state index in [1.807, 2.05) is 4.90 Å². The topological polar surface area (TPSA) is 76.6 Å². The van der Waals surface area contributed by atoms with Crippen LogP contribution in [-0.2, 0) is 9.53 Å². The summed E-state index contributed by atoms with van der Waals surface area (Å²) in [4.78, 5) is 13.9. The molecule has 1 N–H and O–H groups in total. The Balaban J connectivity index is 1.57. The van der Waals surface area contributed by atoms with Crippen LogP contribution in [0, 0.1) is 5.82 Å². The van der Waals surface area contributed by atoms with Crippen molar-refractivity contribution in [3.8, 4) is 5.88 Å². The number of nitrogens with zero attached hydrogens (tertiary/aromatic N) is 3. The quantitative estimate of drug-likeness (QED) is 0.891. The summed E-state index contributed by atoms with van der Waals surface area (Å²) in [6, 6.07) is 5.95. The van der Waals surface area contributed by atoms with Crippen molar-refractivity contribution >= 4 is 29.1 Å². The van der Waals surface area contributed by atoms with Crippen molar-refractivity contribution in [2.24, 2.45) is 0 Å². The Morgan fingerprint density at radius 1 is 1.35 bits per heavy atom. The van der Waals surface area contributed by atoms with Crippen LogP contribution in [0.1, 0.15) is 0 Å². The third-order valence-electron chi connectivity index (χ3n) is 3.24. The average Bonchev–Trinajstić information content (AvgIpc) is 3.04. The van der Waals surface area contributed by atoms with E-state index in [9.17, 15) is 9.18 Å². The van der Waals surface area contributed by atoms with Gasteiger partial charge in [0, 0.05) is 13.1 Å². The van der Waals surface area contributed by atoms with Crippen LogP contribution in [-0.4, -0.2) is 47.6 Å². The van der Waals surface area contributed by atoms with Crippen LogP contribution >= 0.6 is 11.7 Å². The van der Waals surface area contributed by atoms with Crippen LogP contribution in [0.5, 0.6) is 5.88 Å². The Morgan fingerprint density at radius 2 is 2.13 bits per heavy atom. The molecule has 0 radical (unpaired) electrons. The van der Waals surface area contributed by atoms with E-state index in [1.54, 1.807) is 12.1 Å². The first-order valence-electron chi connectivity index (χ1n) is 7.06. The summed E-state index contributed by atoms with van der Waals surface area (Å²) in [6.45, 7) is 2.36. The SMILES string of the molecule is O=C(COc1nsnc1N1CCOCC1)Nc1ccccc1F. The highest BCUT2D eigenvalue weighted by Crippen LogP contribution is 2.26. The molecule has 3 rings (SSSR count). The molecule has 9 heteroatoms. The molecular formula is C14H15FN4O3S. The summed E-state index contributed by atoms with van der Waals surface area (Å²) in [7, 11) is 0. The molecule has 0 saturated carbocycles. The van der Waals surface area contributed by atoms with Crippen LogP contribution in [0.15, 0.2) is 24.3 Å². The minimum atomic E-state index is -0.495. The standard InChI is InChI=1S/C14H15FN4O3S/c15-10-3-1-2-4-11(10)16-12(20)9-22-14-13(17-23-18-14)19-5-7-21-8-6-19/h1-4H,5-9H2,(H,16,20). The number of hydrogen-bond donors (Lipinski definition) is 1. The number of nitrogens with one attached hydrogen (secondary N) is 1. The number of rotatable bonds is 5. The van der Waals surface area contributed by atoms with E-state index in [0.29, 0.717) is 38.0 Å². The molecule has 1 aliphatic heterocycles. The molecule has 1 aliphatic rings. The van der Waals surface area contributed by atoms with Gasteiger partial charge in [-0.05, 0) is 12.1 Å². The van der Waals surface area contributed by atoms with Crippen LogP contribution in [0.2, 0.25) is 0 Å². The maximum Gasteiger partial charge on any atom is 0.271 e. The fourth-order valence-electron chi connectivity index (χ4n) is 2.12. The number of anilines is 2. The summed E-state index contributed by atoms with van der Waals surface area (Å²) in [6.07, 6.45) is 0. The lowest BCUT2D eigenvalue weighted by molar-refractivity contribution is -0.118. The van der Waals surface area contributed by atoms with Gasteiger partial charge in [0.2, 0.25) is 5.82 Å². The second-order valence-electron chi connectivity index (χ2n) is 4.81. The van der Waals surface area contributed by atoms with Crippen molar-refractivity contribution in [2.75, 3.05) is 43.1 Å². The molecule has 0 bridgehead atoms. The maximum absolute atomic E-state index is 13.5. The second-order valence-corrected chi connectivity index (χ2v) is 5.34. The third kappa shape index (κ3) is 3.93. The molecule has 122 valence electrons. The lowest BCUT2D eigenvalue weighted by Gasteiger charge is -2.26. The molecular weight excluding hydrogens is 323 g/mol. The number of carbonyl (C=O) groups excluding carboxylic acids is 1. The van der Waals surface area contributed by atoms with Gasteiger partial charge in [0.1, 0.15) is 5.82 Å². The molecule has 1 aromatic carbocycles. The van der Waals surface area contributed by atoms with E-state index in [4.69, 9.17) is 9.47 Å². The van der Waals surface area contributed by atoms with Crippen molar-refractivity contribution in [2.45, 2.75) is 0 Å². The van der Waals surface area contributed by atoms with Crippen molar-refractivity contribution < 1.29 is 18.7 Å². The molecule has 0 unspecified atom stereocenters. The molecule has 0 aliphatic carbocycles. The van der Waals surface area contributed by atoms with Gasteiger partial charge in [-0.3, -0.25) is 4.79 Å². The molecule has 23 heavy (non-hydrogen) atoms. The smallest absolute Gasteiger partial charge is 0.271 e. The molecule has 0 spiro atoms. The molecule has 0 atom stereocenters. The van der Waals surface area contributed by atoms with Crippen LogP contribution in [0.25, 0.3) is 0 Å². The lowest BCUT2D eigenvalue weighted by Crippen LogP contribution is -2.36. The number of morpholine rings is 1. The highest BCUT2D eigenvalue weighted by atomic mass is 32.1. The minimum Gasteiger partial charge on any atom is -0.464 e. The van der Waals surface area contributed by atoms with E-state index in [-0.39, 0.29) is 12.3 Å². The predicted octanol–water partition coefficient (Wildman–Crippen LogP) is 1.53. The van der Waals surface area contributed by atoms with Gasteiger partial charge in [-0.1, -0.05) is 12.1 Å². The fraction of sp³-hybridized carbons (Fsp3) is 0.357. The number of amides is 1. The van der Waals surface area contributed by atoms with Crippen molar-refractivity contribution in [1.29, 1.82) is 0 Å². The highest BCUT2D eigenvalue weighted by molar-refractivity contribution is 6.99. The van der Waals surface area contributed by atoms with Gasteiger partial charge < -0.3 is 19.7 Å². The number of halogens is 1. The molecule has 1 amide bonds. The van der Waals surface area contributed by atoms with Crippen molar-refractivity contribution in [1.82, 2.24) is 8.75 Å². The summed E-state index contributed by atoms with van der Waals surface area (Å²) in [5.41, 5.74) is 0.117. The van der Waals surface area contributed by atoms with E-state index in [2.05, 4.69) is 14.1 Å². The Hall–Kier alpha value is -2.26. The summed E-state index contributed by atoms with van der Waals surface area (Å²) < 4.78 is 32.4. The fourth-order valence-corrected chi connectivity index (χ4v) is 2.64. The van der Waals surface area contributed by atoms with Gasteiger partial charge in [-0.2, -0.15) is 4.37 Å². The first-order valence-corrected chi connectivity index (χ1v) is 7.79. The number of para-hydroxylation sites is 1. The Bertz CT molecular complexity index is 676. The molecule has 1 saturated heterocycles. The summed E-state index contributed by atoms with van der Waals surface area (Å²) >= 11 is 1.02. The summed E-state index contributed by atoms with van der Waals surface area (Å²) in [5, 5.41) is 2.45. The van der Waals surface area contributed by atoms with Gasteiger partial charge in [0.25, 0.3) is 11.8 Å². The third-order valence-corrected chi connectivity index (χ3v) is 3.74. The van der Waals surface area contributed by atoms with Gasteiger partial charge in [-0.15, -0.1) is 4.37 Å². The van der Waals surface area contributed by atoms with Gasteiger partial charge in [0.05, 0.1) is 30.6 Å². The Morgan fingerprint density at radius 3 is 2.91 bits per heavy atom. The highest BCUT2D eigenvalue weighted by Gasteiger charge is 2.20. The maximum atomic E-state index is 13.5. The molecule has 2 heterocycles. The van der Waals surface area contributed by atoms with Crippen molar-refractivity contribution in [3.63, 3.8) is 0 Å². The zero-order valence-corrected chi connectivity index (χ0v) is 13.0. The van der Waals surface area contributed by atoms with Gasteiger partial charge in [0.15, 0.2) is 6.61 Å². The largest absolute Gasteiger partial charge is 0.464 e. The molecule has 1 aromatic heterocycles. The Labute approximate surface area is 136 Å². The van der Waals surface area contributed by atoms with Crippen LogP contribution in [0.4, 0.5) is 15.9 Å². The number of carbonyl (C=O) groups is 1. The van der Waals surface area contributed by atoms with E-state index < -0.39 is 11.7 Å².